The summed E-state index contributed by atoms with van der Waals surface area (Å²) in [5.41, 5.74) is 0. The van der Waals surface area contributed by atoms with Crippen LogP contribution in [0.1, 0.15) is 20.8 Å². The number of esters is 1. The molecule has 5 heteroatoms. The highest BCUT2D eigenvalue weighted by Crippen LogP contribution is 2.07. The Morgan fingerprint density at radius 3 is 2.14 bits per heavy atom. The van der Waals surface area contributed by atoms with E-state index in [0.29, 0.717) is 0 Å². The average Bonchev–Trinajstić information content (AvgIpc) is 2.11. The Kier molecular flexibility index (Phi) is 5.15. The second-order valence-electron chi connectivity index (χ2n) is 3.44. The van der Waals surface area contributed by atoms with E-state index in [1.807, 2.05) is 0 Å². The number of methoxy groups -OCH3 is 1. The number of aliphatic hydroxyl groups is 1. The van der Waals surface area contributed by atoms with Crippen LogP contribution >= 0.6 is 0 Å². The van der Waals surface area contributed by atoms with Crippen molar-refractivity contribution in [1.82, 2.24) is 5.32 Å². The van der Waals surface area contributed by atoms with Crippen molar-refractivity contribution >= 4 is 11.9 Å². The summed E-state index contributed by atoms with van der Waals surface area (Å²) in [7, 11) is 1.21. The summed E-state index contributed by atoms with van der Waals surface area (Å²) < 4.78 is 4.47. The summed E-state index contributed by atoms with van der Waals surface area (Å²) in [6.45, 7) is 4.79. The molecule has 0 saturated carbocycles. The lowest BCUT2D eigenvalue weighted by Crippen LogP contribution is -2.50. The third-order valence-corrected chi connectivity index (χ3v) is 1.84. The predicted molar refractivity (Wildman–Crippen MR) is 50.5 cm³/mol. The number of nitrogens with one attached hydrogen (secondary N) is 1. The minimum Gasteiger partial charge on any atom is -0.467 e. The van der Waals surface area contributed by atoms with Crippen molar-refractivity contribution in [3.8, 4) is 0 Å². The van der Waals surface area contributed by atoms with Gasteiger partial charge < -0.3 is 15.2 Å². The van der Waals surface area contributed by atoms with Gasteiger partial charge in [0.2, 0.25) is 5.91 Å². The van der Waals surface area contributed by atoms with Crippen LogP contribution in [-0.2, 0) is 14.3 Å². The Hall–Kier alpha value is -1.10. The molecule has 0 unspecified atom stereocenters. The Bertz CT molecular complexity index is 215. The van der Waals surface area contributed by atoms with Gasteiger partial charge in [-0.2, -0.15) is 0 Å². The molecular weight excluding hydrogens is 186 g/mol. The lowest BCUT2D eigenvalue weighted by atomic mass is 10.00. The quantitative estimate of drug-likeness (QED) is 0.614. The van der Waals surface area contributed by atoms with Crippen molar-refractivity contribution in [2.75, 3.05) is 7.11 Å². The zero-order valence-corrected chi connectivity index (χ0v) is 8.90. The van der Waals surface area contributed by atoms with Gasteiger partial charge in [0.15, 0.2) is 6.04 Å². The number of hydrogen-bond donors (Lipinski definition) is 2. The van der Waals surface area contributed by atoms with E-state index in [9.17, 15) is 14.7 Å². The standard InChI is InChI=1S/C9H17NO4/c1-5(2)8(12)7(9(13)14-4)10-6(3)11/h5,7-8,12H,1-4H3,(H,10,11)/t7-,8+/m0/s1. The molecule has 0 aromatic heterocycles. The molecule has 2 atom stereocenters. The fourth-order valence-electron chi connectivity index (χ4n) is 1.01. The number of ether oxygens (including phenoxy) is 1. The molecule has 0 rings (SSSR count). The summed E-state index contributed by atoms with van der Waals surface area (Å²) in [4.78, 5) is 22.0. The van der Waals surface area contributed by atoms with Gasteiger partial charge in [0.1, 0.15) is 0 Å². The van der Waals surface area contributed by atoms with E-state index in [1.54, 1.807) is 13.8 Å². The molecule has 5 nitrogen and oxygen atoms in total. The van der Waals surface area contributed by atoms with Gasteiger partial charge in [0.05, 0.1) is 13.2 Å². The van der Waals surface area contributed by atoms with Crippen LogP contribution < -0.4 is 5.32 Å². The fourth-order valence-corrected chi connectivity index (χ4v) is 1.01. The Morgan fingerprint density at radius 2 is 1.86 bits per heavy atom. The van der Waals surface area contributed by atoms with Gasteiger partial charge in [-0.05, 0) is 5.92 Å². The Labute approximate surface area is 83.4 Å². The predicted octanol–water partition coefficient (Wildman–Crippen LogP) is -0.319. The summed E-state index contributed by atoms with van der Waals surface area (Å²) in [6.07, 6.45) is -0.939. The van der Waals surface area contributed by atoms with Crippen molar-refractivity contribution in [3.05, 3.63) is 0 Å². The Balaban J connectivity index is 4.54. The maximum Gasteiger partial charge on any atom is 0.331 e. The minimum absolute atomic E-state index is 0.133. The van der Waals surface area contributed by atoms with Gasteiger partial charge in [0, 0.05) is 6.92 Å². The fraction of sp³-hybridized carbons (Fsp3) is 0.778. The van der Waals surface area contributed by atoms with E-state index in [0.717, 1.165) is 0 Å². The first kappa shape index (κ1) is 12.9. The van der Waals surface area contributed by atoms with E-state index in [4.69, 9.17) is 0 Å². The first-order valence-electron chi connectivity index (χ1n) is 4.43. The zero-order chi connectivity index (χ0) is 11.3. The van der Waals surface area contributed by atoms with E-state index in [-0.39, 0.29) is 11.8 Å². The molecule has 1 amide bonds. The van der Waals surface area contributed by atoms with Crippen LogP contribution in [0.5, 0.6) is 0 Å². The second-order valence-corrected chi connectivity index (χ2v) is 3.44. The Morgan fingerprint density at radius 1 is 1.36 bits per heavy atom. The van der Waals surface area contributed by atoms with Crippen molar-refractivity contribution < 1.29 is 19.4 Å². The lowest BCUT2D eigenvalue weighted by molar-refractivity contribution is -0.149. The van der Waals surface area contributed by atoms with Crippen LogP contribution in [0.15, 0.2) is 0 Å². The van der Waals surface area contributed by atoms with Crippen molar-refractivity contribution in [1.29, 1.82) is 0 Å². The van der Waals surface area contributed by atoms with Crippen molar-refractivity contribution in [3.63, 3.8) is 0 Å². The van der Waals surface area contributed by atoms with Crippen LogP contribution in [0.3, 0.4) is 0 Å². The molecule has 82 valence electrons. The number of hydrogen-bond acceptors (Lipinski definition) is 4. The van der Waals surface area contributed by atoms with Crippen molar-refractivity contribution in [2.24, 2.45) is 5.92 Å². The van der Waals surface area contributed by atoms with E-state index in [1.165, 1.54) is 14.0 Å². The molecule has 0 radical (unpaired) electrons. The van der Waals surface area contributed by atoms with E-state index < -0.39 is 18.1 Å². The molecule has 0 aliphatic carbocycles. The SMILES string of the molecule is COC(=O)[C@@H](NC(C)=O)[C@H](O)C(C)C. The summed E-state index contributed by atoms with van der Waals surface area (Å²) in [5.74, 6) is -1.15. The number of rotatable bonds is 4. The van der Waals surface area contributed by atoms with Gasteiger partial charge in [0.25, 0.3) is 0 Å². The first-order chi connectivity index (χ1) is 6.40. The molecule has 0 saturated heterocycles. The van der Waals surface area contributed by atoms with Crippen LogP contribution in [0.25, 0.3) is 0 Å². The number of amides is 1. The number of aliphatic hydroxyl groups excluding tert-OH is 1. The maximum atomic E-state index is 11.2. The van der Waals surface area contributed by atoms with Gasteiger partial charge >= 0.3 is 5.97 Å². The molecule has 14 heavy (non-hydrogen) atoms. The molecule has 0 heterocycles. The zero-order valence-electron chi connectivity index (χ0n) is 8.90. The number of carbonyl (C=O) groups excluding carboxylic acids is 2. The highest BCUT2D eigenvalue weighted by molar-refractivity contribution is 5.83. The molecule has 0 aliphatic heterocycles. The van der Waals surface area contributed by atoms with E-state index in [2.05, 4.69) is 10.1 Å². The molecular formula is C9H17NO4. The summed E-state index contributed by atoms with van der Waals surface area (Å²) in [5, 5.41) is 12.0. The first-order valence-corrected chi connectivity index (χ1v) is 4.43. The van der Waals surface area contributed by atoms with Crippen LogP contribution in [0.2, 0.25) is 0 Å². The van der Waals surface area contributed by atoms with Crippen molar-refractivity contribution in [2.45, 2.75) is 32.9 Å². The maximum absolute atomic E-state index is 11.2. The largest absolute Gasteiger partial charge is 0.467 e. The molecule has 0 spiro atoms. The van der Waals surface area contributed by atoms with Crippen LogP contribution in [-0.4, -0.2) is 36.2 Å². The molecule has 0 aromatic carbocycles. The second kappa shape index (κ2) is 5.59. The molecule has 0 fully saturated rings. The van der Waals surface area contributed by atoms with Gasteiger partial charge in [-0.15, -0.1) is 0 Å². The highest BCUT2D eigenvalue weighted by Gasteiger charge is 2.30. The van der Waals surface area contributed by atoms with Crippen LogP contribution in [0.4, 0.5) is 0 Å². The number of carbonyl (C=O) groups is 2. The highest BCUT2D eigenvalue weighted by atomic mass is 16.5. The minimum atomic E-state index is -0.988. The third-order valence-electron chi connectivity index (χ3n) is 1.84. The normalized spacial score (nSPS) is 14.7. The van der Waals surface area contributed by atoms with E-state index >= 15 is 0 Å². The molecule has 0 aromatic rings. The monoisotopic (exact) mass is 203 g/mol. The van der Waals surface area contributed by atoms with Gasteiger partial charge in [-0.3, -0.25) is 4.79 Å². The van der Waals surface area contributed by atoms with Gasteiger partial charge in [-0.1, -0.05) is 13.8 Å². The van der Waals surface area contributed by atoms with Crippen LogP contribution in [0, 0.1) is 5.92 Å². The summed E-state index contributed by atoms with van der Waals surface area (Å²) >= 11 is 0. The topological polar surface area (TPSA) is 75.6 Å². The third kappa shape index (κ3) is 3.74. The smallest absolute Gasteiger partial charge is 0.331 e. The lowest BCUT2D eigenvalue weighted by Gasteiger charge is -2.23. The molecule has 0 bridgehead atoms. The molecule has 2 N–H and O–H groups in total. The molecule has 0 aliphatic rings. The summed E-state index contributed by atoms with van der Waals surface area (Å²) in [6, 6.07) is -0.988. The van der Waals surface area contributed by atoms with Gasteiger partial charge in [-0.25, -0.2) is 4.79 Å². The average molecular weight is 203 g/mol.